The SMILES string of the molecule is Cc1ccc(OCc2cccc(O)c2)cc1O. The maximum Gasteiger partial charge on any atom is 0.123 e. The number of hydrogen-bond donors (Lipinski definition) is 2. The molecule has 2 aromatic carbocycles. The Morgan fingerprint density at radius 3 is 2.59 bits per heavy atom. The molecule has 0 aromatic heterocycles. The predicted molar refractivity (Wildman–Crippen MR) is 65.3 cm³/mol. The van der Waals surface area contributed by atoms with E-state index in [-0.39, 0.29) is 11.5 Å². The van der Waals surface area contributed by atoms with Gasteiger partial charge in [0, 0.05) is 6.07 Å². The Bertz CT molecular complexity index is 521. The number of benzene rings is 2. The van der Waals surface area contributed by atoms with Crippen molar-refractivity contribution in [3.63, 3.8) is 0 Å². The van der Waals surface area contributed by atoms with Crippen molar-refractivity contribution in [2.45, 2.75) is 13.5 Å². The van der Waals surface area contributed by atoms with Gasteiger partial charge in [0.25, 0.3) is 0 Å². The first-order chi connectivity index (χ1) is 8.15. The first kappa shape index (κ1) is 11.3. The van der Waals surface area contributed by atoms with Crippen molar-refractivity contribution in [2.75, 3.05) is 0 Å². The zero-order valence-electron chi connectivity index (χ0n) is 9.55. The van der Waals surface area contributed by atoms with Crippen LogP contribution in [0.1, 0.15) is 11.1 Å². The Morgan fingerprint density at radius 2 is 1.88 bits per heavy atom. The Morgan fingerprint density at radius 1 is 1.06 bits per heavy atom. The van der Waals surface area contributed by atoms with E-state index in [1.807, 2.05) is 13.0 Å². The van der Waals surface area contributed by atoms with Crippen LogP contribution in [0.4, 0.5) is 0 Å². The third kappa shape index (κ3) is 2.91. The highest BCUT2D eigenvalue weighted by Gasteiger charge is 2.00. The van der Waals surface area contributed by atoms with Crippen molar-refractivity contribution in [1.82, 2.24) is 0 Å². The van der Waals surface area contributed by atoms with Gasteiger partial charge < -0.3 is 14.9 Å². The van der Waals surface area contributed by atoms with Gasteiger partial charge in [-0.25, -0.2) is 0 Å². The van der Waals surface area contributed by atoms with Gasteiger partial charge in [0.2, 0.25) is 0 Å². The summed E-state index contributed by atoms with van der Waals surface area (Å²) in [6.07, 6.45) is 0. The number of phenolic OH excluding ortho intramolecular Hbond substituents is 2. The zero-order chi connectivity index (χ0) is 12.3. The van der Waals surface area contributed by atoms with Crippen LogP contribution in [-0.4, -0.2) is 10.2 Å². The Labute approximate surface area is 99.9 Å². The lowest BCUT2D eigenvalue weighted by molar-refractivity contribution is 0.303. The molecular weight excluding hydrogens is 216 g/mol. The molecule has 0 aliphatic rings. The number of aryl methyl sites for hydroxylation is 1. The van der Waals surface area contributed by atoms with E-state index in [9.17, 15) is 10.2 Å². The van der Waals surface area contributed by atoms with E-state index in [1.165, 1.54) is 0 Å². The molecule has 2 N–H and O–H groups in total. The molecule has 0 amide bonds. The van der Waals surface area contributed by atoms with Crippen LogP contribution in [0.25, 0.3) is 0 Å². The number of aromatic hydroxyl groups is 2. The maximum atomic E-state index is 9.52. The molecule has 0 heterocycles. The fourth-order valence-electron chi connectivity index (χ4n) is 1.49. The largest absolute Gasteiger partial charge is 0.508 e. The molecule has 0 spiro atoms. The lowest BCUT2D eigenvalue weighted by Crippen LogP contribution is -1.95. The Kier molecular flexibility index (Phi) is 3.19. The minimum Gasteiger partial charge on any atom is -0.508 e. The predicted octanol–water partition coefficient (Wildman–Crippen LogP) is 2.99. The van der Waals surface area contributed by atoms with Gasteiger partial charge in [0.15, 0.2) is 0 Å². The van der Waals surface area contributed by atoms with Crippen LogP contribution in [0.5, 0.6) is 17.2 Å². The number of rotatable bonds is 3. The van der Waals surface area contributed by atoms with Crippen LogP contribution in [0.15, 0.2) is 42.5 Å². The van der Waals surface area contributed by atoms with Crippen molar-refractivity contribution >= 4 is 0 Å². The molecule has 0 unspecified atom stereocenters. The first-order valence-electron chi connectivity index (χ1n) is 5.35. The molecule has 2 rings (SSSR count). The number of phenols is 2. The van der Waals surface area contributed by atoms with Gasteiger partial charge in [-0.2, -0.15) is 0 Å². The van der Waals surface area contributed by atoms with Crippen LogP contribution >= 0.6 is 0 Å². The van der Waals surface area contributed by atoms with Crippen molar-refractivity contribution in [1.29, 1.82) is 0 Å². The summed E-state index contributed by atoms with van der Waals surface area (Å²) in [5, 5.41) is 18.8. The molecule has 0 saturated heterocycles. The zero-order valence-corrected chi connectivity index (χ0v) is 9.55. The number of ether oxygens (including phenoxy) is 1. The van der Waals surface area contributed by atoms with Crippen molar-refractivity contribution in [2.24, 2.45) is 0 Å². The highest BCUT2D eigenvalue weighted by Crippen LogP contribution is 2.23. The van der Waals surface area contributed by atoms with E-state index in [1.54, 1.807) is 36.4 Å². The average Bonchev–Trinajstić information content (AvgIpc) is 2.31. The van der Waals surface area contributed by atoms with Gasteiger partial charge in [-0.15, -0.1) is 0 Å². The molecule has 0 aliphatic heterocycles. The fraction of sp³-hybridized carbons (Fsp3) is 0.143. The van der Waals surface area contributed by atoms with Crippen LogP contribution in [0, 0.1) is 6.92 Å². The molecule has 3 nitrogen and oxygen atoms in total. The van der Waals surface area contributed by atoms with Crippen LogP contribution in [0.2, 0.25) is 0 Å². The molecule has 88 valence electrons. The summed E-state index contributed by atoms with van der Waals surface area (Å²) in [4.78, 5) is 0. The average molecular weight is 230 g/mol. The second-order valence-electron chi connectivity index (χ2n) is 3.91. The minimum absolute atomic E-state index is 0.220. The van der Waals surface area contributed by atoms with Crippen LogP contribution in [-0.2, 0) is 6.61 Å². The van der Waals surface area contributed by atoms with E-state index in [2.05, 4.69) is 0 Å². The second-order valence-corrected chi connectivity index (χ2v) is 3.91. The maximum absolute atomic E-state index is 9.52. The van der Waals surface area contributed by atoms with Crippen LogP contribution < -0.4 is 4.74 Å². The lowest BCUT2D eigenvalue weighted by atomic mass is 10.2. The topological polar surface area (TPSA) is 49.7 Å². The van der Waals surface area contributed by atoms with Gasteiger partial charge in [0.1, 0.15) is 23.9 Å². The summed E-state index contributed by atoms with van der Waals surface area (Å²) >= 11 is 0. The van der Waals surface area contributed by atoms with Gasteiger partial charge >= 0.3 is 0 Å². The van der Waals surface area contributed by atoms with E-state index >= 15 is 0 Å². The van der Waals surface area contributed by atoms with Gasteiger partial charge in [-0.3, -0.25) is 0 Å². The van der Waals surface area contributed by atoms with E-state index < -0.39 is 0 Å². The normalized spacial score (nSPS) is 10.2. The lowest BCUT2D eigenvalue weighted by Gasteiger charge is -2.08. The summed E-state index contributed by atoms with van der Waals surface area (Å²) in [6.45, 7) is 2.19. The third-order valence-corrected chi connectivity index (χ3v) is 2.50. The van der Waals surface area contributed by atoms with Gasteiger partial charge in [-0.05, 0) is 36.2 Å². The highest BCUT2D eigenvalue weighted by molar-refractivity contribution is 5.38. The fourth-order valence-corrected chi connectivity index (χ4v) is 1.49. The molecule has 0 radical (unpaired) electrons. The van der Waals surface area contributed by atoms with Crippen molar-refractivity contribution in [3.8, 4) is 17.2 Å². The molecule has 17 heavy (non-hydrogen) atoms. The summed E-state index contributed by atoms with van der Waals surface area (Å²) in [5.41, 5.74) is 1.69. The quantitative estimate of drug-likeness (QED) is 0.852. The van der Waals surface area contributed by atoms with Gasteiger partial charge in [-0.1, -0.05) is 18.2 Å². The molecule has 0 saturated carbocycles. The van der Waals surface area contributed by atoms with Crippen molar-refractivity contribution in [3.05, 3.63) is 53.6 Å². The van der Waals surface area contributed by atoms with E-state index in [0.29, 0.717) is 12.4 Å². The molecule has 2 aromatic rings. The summed E-state index contributed by atoms with van der Waals surface area (Å²) in [5.74, 6) is 1.05. The highest BCUT2D eigenvalue weighted by atomic mass is 16.5. The second kappa shape index (κ2) is 4.78. The molecular formula is C14H14O3. The Balaban J connectivity index is 2.05. The summed E-state index contributed by atoms with van der Waals surface area (Å²) in [7, 11) is 0. The Hall–Kier alpha value is -2.16. The molecule has 0 bridgehead atoms. The van der Waals surface area contributed by atoms with E-state index in [0.717, 1.165) is 11.1 Å². The third-order valence-electron chi connectivity index (χ3n) is 2.50. The smallest absolute Gasteiger partial charge is 0.123 e. The summed E-state index contributed by atoms with van der Waals surface area (Å²) < 4.78 is 5.51. The van der Waals surface area contributed by atoms with Crippen LogP contribution in [0.3, 0.4) is 0 Å². The minimum atomic E-state index is 0.220. The molecule has 0 atom stereocenters. The molecule has 3 heteroatoms. The molecule has 0 fully saturated rings. The first-order valence-corrected chi connectivity index (χ1v) is 5.35. The van der Waals surface area contributed by atoms with Gasteiger partial charge in [0.05, 0.1) is 0 Å². The van der Waals surface area contributed by atoms with Crippen molar-refractivity contribution < 1.29 is 14.9 Å². The number of hydrogen-bond acceptors (Lipinski definition) is 3. The standard InChI is InChI=1S/C14H14O3/c1-10-5-6-13(8-14(10)16)17-9-11-3-2-4-12(15)7-11/h2-8,15-16H,9H2,1H3. The monoisotopic (exact) mass is 230 g/mol. The molecule has 0 aliphatic carbocycles. The van der Waals surface area contributed by atoms with E-state index in [4.69, 9.17) is 4.74 Å². The summed E-state index contributed by atoms with van der Waals surface area (Å²) in [6, 6.07) is 12.1.